The molecule has 0 unspecified atom stereocenters. The van der Waals surface area contributed by atoms with E-state index < -0.39 is 31.2 Å². The van der Waals surface area contributed by atoms with Crippen molar-refractivity contribution in [1.82, 2.24) is 59.8 Å². The van der Waals surface area contributed by atoms with E-state index in [0.717, 1.165) is 131 Å². The average molecular weight is 1860 g/mol. The molecule has 0 radical (unpaired) electrons. The second kappa shape index (κ2) is 32.1. The minimum absolute atomic E-state index is 0. The van der Waals surface area contributed by atoms with Gasteiger partial charge in [0.2, 0.25) is 0 Å². The first kappa shape index (κ1) is 90.7. The molecule has 18 rings (SSSR count). The van der Waals surface area contributed by atoms with Crippen LogP contribution < -0.4 is 0 Å². The third-order valence-corrected chi connectivity index (χ3v) is 14.1. The van der Waals surface area contributed by atoms with Gasteiger partial charge in [-0.15, -0.1) is 0 Å². The molecular formula is C72H48F24N12P4Ru2. The standard InChI is InChI=1S/6C12H8N2.4F6P.2Ru/c6*1-3-9-5-6-10-4-2-8-14-12(10)11(9)13-7-1;4*1-7(2,3,4,5)6;;/h6*1-8H;;;;;;/q;;;;;;4*-1;2*+2. The number of fused-ring (bicyclic) bond motifs is 18. The van der Waals surface area contributed by atoms with Gasteiger partial charge in [-0.3, -0.25) is 59.8 Å². The predicted octanol–water partition coefficient (Wildman–Crippen LogP) is 30.2. The van der Waals surface area contributed by atoms with Crippen LogP contribution in [0, 0.1) is 0 Å². The second-order valence-corrected chi connectivity index (χ2v) is 30.8. The van der Waals surface area contributed by atoms with Gasteiger partial charge in [0.25, 0.3) is 0 Å². The summed E-state index contributed by atoms with van der Waals surface area (Å²) in [5, 5.41) is 13.7. The van der Waals surface area contributed by atoms with E-state index >= 15 is 0 Å². The molecule has 600 valence electrons. The second-order valence-electron chi connectivity index (χ2n) is 23.1. The number of rotatable bonds is 0. The van der Waals surface area contributed by atoms with Crippen LogP contribution in [0.1, 0.15) is 0 Å². The Hall–Kier alpha value is -10.5. The first-order chi connectivity index (χ1) is 51.5. The Bertz CT molecular complexity index is 5110. The molecule has 0 spiro atoms. The third-order valence-electron chi connectivity index (χ3n) is 14.1. The number of hydrogen-bond donors (Lipinski definition) is 0. The molecule has 114 heavy (non-hydrogen) atoms. The number of pyridine rings is 12. The smallest absolute Gasteiger partial charge is 0.254 e. The van der Waals surface area contributed by atoms with Crippen LogP contribution in [-0.2, 0) is 39.0 Å². The van der Waals surface area contributed by atoms with Gasteiger partial charge >= 0.3 is 171 Å². The molecule has 0 fully saturated rings. The van der Waals surface area contributed by atoms with Crippen LogP contribution in [0.3, 0.4) is 0 Å². The number of aromatic nitrogens is 12. The van der Waals surface area contributed by atoms with Gasteiger partial charge in [0.1, 0.15) is 0 Å². The zero-order chi connectivity index (χ0) is 81.9. The van der Waals surface area contributed by atoms with Gasteiger partial charge in [0.05, 0.1) is 66.2 Å². The monoisotopic (exact) mass is 1860 g/mol. The van der Waals surface area contributed by atoms with Crippen molar-refractivity contribution in [3.05, 3.63) is 293 Å². The topological polar surface area (TPSA) is 155 Å². The first-order valence-corrected chi connectivity index (χ1v) is 39.4. The summed E-state index contributed by atoms with van der Waals surface area (Å²) in [4.78, 5) is 52.2. The molecule has 0 N–H and O–H groups in total. The molecule has 12 nitrogen and oxygen atoms in total. The molecule has 0 aliphatic rings. The number of nitrogens with zero attached hydrogens (tertiary/aromatic N) is 12. The number of hydrogen-bond acceptors (Lipinski definition) is 12. The van der Waals surface area contributed by atoms with E-state index in [1.807, 2.05) is 72.8 Å². The SMILES string of the molecule is F[P-](F)(F)(F)(F)F.F[P-](F)(F)(F)(F)F.F[P-](F)(F)(F)(F)F.F[P-](F)(F)(F)(F)F.[Ru+2].[Ru+2].c1cnc2c(c1)ccc1cccnc12.c1cnc2c(c1)ccc1cccnc12.c1cnc2c(c1)ccc1cccnc12.c1cnc2c(c1)ccc1cccnc12.c1cnc2c(c1)ccc1cccnc12.c1cnc2c(c1)ccc1cccnc12. The molecule has 0 amide bonds. The van der Waals surface area contributed by atoms with Crippen molar-refractivity contribution in [1.29, 1.82) is 0 Å². The molecule has 12 aromatic heterocycles. The molecular weight excluding hydrogens is 1810 g/mol. The summed E-state index contributed by atoms with van der Waals surface area (Å²) in [5.41, 5.74) is 11.7. The maximum atomic E-state index is 9.87. The maximum absolute atomic E-state index is 10.7. The fourth-order valence-corrected chi connectivity index (χ4v) is 10.1. The molecule has 0 aliphatic heterocycles. The molecule has 18 aromatic rings. The number of halogens is 24. The molecule has 0 bridgehead atoms. The Balaban J connectivity index is 0.000000178. The van der Waals surface area contributed by atoms with Gasteiger partial charge < -0.3 is 0 Å². The van der Waals surface area contributed by atoms with Crippen molar-refractivity contribution < 1.29 is 140 Å². The van der Waals surface area contributed by atoms with Crippen LogP contribution in [0.25, 0.3) is 131 Å². The quantitative estimate of drug-likeness (QED) is 0.0614. The van der Waals surface area contributed by atoms with Crippen LogP contribution in [0.15, 0.2) is 293 Å². The van der Waals surface area contributed by atoms with E-state index in [4.69, 9.17) is 0 Å². The van der Waals surface area contributed by atoms with Gasteiger partial charge in [-0.2, -0.15) is 0 Å². The first-order valence-electron chi connectivity index (χ1n) is 31.3. The van der Waals surface area contributed by atoms with Gasteiger partial charge in [0, 0.05) is 139 Å². The van der Waals surface area contributed by atoms with Gasteiger partial charge in [-0.25, -0.2) is 0 Å². The minimum Gasteiger partial charge on any atom is -0.254 e. The molecule has 0 saturated carbocycles. The summed E-state index contributed by atoms with van der Waals surface area (Å²) in [6.07, 6.45) is 21.6. The van der Waals surface area contributed by atoms with Crippen LogP contribution in [0.5, 0.6) is 0 Å². The van der Waals surface area contributed by atoms with E-state index in [9.17, 15) is 101 Å². The van der Waals surface area contributed by atoms with E-state index in [2.05, 4.69) is 205 Å². The predicted molar refractivity (Wildman–Crippen MR) is 397 cm³/mol. The Kier molecular flexibility index (Phi) is 25.5. The van der Waals surface area contributed by atoms with Gasteiger partial charge in [0.15, 0.2) is 0 Å². The Morgan fingerprint density at radius 3 is 0.246 bits per heavy atom. The Morgan fingerprint density at radius 2 is 0.184 bits per heavy atom. The average Bonchev–Trinajstić information content (AvgIpc) is 0.783. The molecule has 0 saturated heterocycles. The summed E-state index contributed by atoms with van der Waals surface area (Å²) < 4.78 is 237. The van der Waals surface area contributed by atoms with E-state index in [-0.39, 0.29) is 39.0 Å². The van der Waals surface area contributed by atoms with E-state index in [1.165, 1.54) is 0 Å². The van der Waals surface area contributed by atoms with Crippen molar-refractivity contribution >= 4 is 162 Å². The van der Waals surface area contributed by atoms with E-state index in [0.29, 0.717) is 0 Å². The maximum Gasteiger partial charge on any atom is 2.00 e. The van der Waals surface area contributed by atoms with Crippen molar-refractivity contribution in [3.8, 4) is 0 Å². The van der Waals surface area contributed by atoms with Gasteiger partial charge in [-0.05, 0) is 72.8 Å². The fraction of sp³-hybridized carbons (Fsp3) is 0. The van der Waals surface area contributed by atoms with Crippen LogP contribution in [0.4, 0.5) is 101 Å². The van der Waals surface area contributed by atoms with Crippen molar-refractivity contribution in [3.63, 3.8) is 0 Å². The molecule has 0 aliphatic carbocycles. The van der Waals surface area contributed by atoms with Crippen LogP contribution in [-0.4, -0.2) is 59.8 Å². The third kappa shape index (κ3) is 33.3. The zero-order valence-electron chi connectivity index (χ0n) is 56.6. The van der Waals surface area contributed by atoms with Crippen LogP contribution >= 0.6 is 31.2 Å². The summed E-state index contributed by atoms with van der Waals surface area (Å²) in [6, 6.07) is 72.8. The van der Waals surface area contributed by atoms with Crippen molar-refractivity contribution in [2.24, 2.45) is 0 Å². The largest absolute Gasteiger partial charge is 2.00 e. The fourth-order valence-electron chi connectivity index (χ4n) is 10.1. The van der Waals surface area contributed by atoms with Gasteiger partial charge in [-0.1, -0.05) is 146 Å². The van der Waals surface area contributed by atoms with Crippen LogP contribution in [0.2, 0.25) is 0 Å². The van der Waals surface area contributed by atoms with Crippen molar-refractivity contribution in [2.75, 3.05) is 0 Å². The molecule has 42 heteroatoms. The summed E-state index contributed by atoms with van der Waals surface area (Å²) in [5.74, 6) is 0. The number of benzene rings is 6. The summed E-state index contributed by atoms with van der Waals surface area (Å²) in [7, 11) is -42.6. The van der Waals surface area contributed by atoms with E-state index in [1.54, 1.807) is 74.4 Å². The Morgan fingerprint density at radius 1 is 0.123 bits per heavy atom. The normalized spacial score (nSPS) is 13.7. The molecule has 12 heterocycles. The summed E-state index contributed by atoms with van der Waals surface area (Å²) in [6.45, 7) is 0. The summed E-state index contributed by atoms with van der Waals surface area (Å²) >= 11 is 0. The molecule has 0 atom stereocenters. The van der Waals surface area contributed by atoms with Crippen molar-refractivity contribution in [2.45, 2.75) is 0 Å². The zero-order valence-corrected chi connectivity index (χ0v) is 63.7. The Labute approximate surface area is 650 Å². The molecule has 6 aromatic carbocycles. The minimum atomic E-state index is -10.7.